The number of aliphatic hydroxyl groups excluding tert-OH is 1. The maximum Gasteiger partial charge on any atom is 0.409 e. The SMILES string of the molecule is COC(=O)N1CC(c2ccc(OC)c(OC3CCCC3)c2)[C@](C)([C@H](C)O)C1. The Morgan fingerprint density at radius 3 is 2.56 bits per heavy atom. The summed E-state index contributed by atoms with van der Waals surface area (Å²) in [6, 6.07) is 5.94. The number of ether oxygens (including phenoxy) is 3. The summed E-state index contributed by atoms with van der Waals surface area (Å²) in [4.78, 5) is 13.7. The quantitative estimate of drug-likeness (QED) is 0.850. The number of carbonyl (C=O) groups is 1. The molecule has 3 rings (SSSR count). The van der Waals surface area contributed by atoms with E-state index < -0.39 is 11.5 Å². The third-order valence-corrected chi connectivity index (χ3v) is 6.30. The fourth-order valence-corrected chi connectivity index (χ4v) is 4.38. The van der Waals surface area contributed by atoms with Crippen LogP contribution in [0.2, 0.25) is 0 Å². The number of carbonyl (C=O) groups excluding carboxylic acids is 1. The minimum absolute atomic E-state index is 0.0200. The molecule has 1 aliphatic carbocycles. The van der Waals surface area contributed by atoms with E-state index in [1.54, 1.807) is 18.9 Å². The number of methoxy groups -OCH3 is 2. The number of amides is 1. The van der Waals surface area contributed by atoms with Crippen molar-refractivity contribution in [2.45, 2.75) is 57.7 Å². The van der Waals surface area contributed by atoms with Gasteiger partial charge in [0.15, 0.2) is 11.5 Å². The summed E-state index contributed by atoms with van der Waals surface area (Å²) < 4.78 is 16.6. The molecule has 27 heavy (non-hydrogen) atoms. The normalized spacial score (nSPS) is 26.9. The van der Waals surface area contributed by atoms with Gasteiger partial charge in [0.25, 0.3) is 0 Å². The van der Waals surface area contributed by atoms with Crippen LogP contribution in [0, 0.1) is 5.41 Å². The van der Waals surface area contributed by atoms with Gasteiger partial charge in [0, 0.05) is 24.4 Å². The zero-order valence-electron chi connectivity index (χ0n) is 16.7. The first-order chi connectivity index (χ1) is 12.9. The van der Waals surface area contributed by atoms with Crippen LogP contribution in [0.3, 0.4) is 0 Å². The zero-order valence-corrected chi connectivity index (χ0v) is 16.7. The van der Waals surface area contributed by atoms with Crippen molar-refractivity contribution in [1.29, 1.82) is 0 Å². The fourth-order valence-electron chi connectivity index (χ4n) is 4.38. The first-order valence-electron chi connectivity index (χ1n) is 9.74. The molecule has 1 aromatic carbocycles. The van der Waals surface area contributed by atoms with Crippen molar-refractivity contribution in [1.82, 2.24) is 4.90 Å². The van der Waals surface area contributed by atoms with Crippen molar-refractivity contribution < 1.29 is 24.1 Å². The molecular formula is C21H31NO5. The lowest BCUT2D eigenvalue weighted by molar-refractivity contribution is 0.0470. The van der Waals surface area contributed by atoms with E-state index in [0.29, 0.717) is 18.8 Å². The zero-order chi connectivity index (χ0) is 19.6. The molecule has 150 valence electrons. The molecule has 1 N–H and O–H groups in total. The second kappa shape index (κ2) is 7.97. The molecule has 1 aromatic rings. The Morgan fingerprint density at radius 1 is 1.26 bits per heavy atom. The van der Waals surface area contributed by atoms with Gasteiger partial charge in [-0.25, -0.2) is 4.79 Å². The van der Waals surface area contributed by atoms with Gasteiger partial charge in [0.2, 0.25) is 0 Å². The van der Waals surface area contributed by atoms with E-state index in [9.17, 15) is 9.90 Å². The molecule has 6 heteroatoms. The molecular weight excluding hydrogens is 346 g/mol. The van der Waals surface area contributed by atoms with Crippen molar-refractivity contribution in [2.24, 2.45) is 5.41 Å². The summed E-state index contributed by atoms with van der Waals surface area (Å²) in [7, 11) is 3.03. The van der Waals surface area contributed by atoms with Gasteiger partial charge < -0.3 is 24.2 Å². The Morgan fingerprint density at radius 2 is 1.96 bits per heavy atom. The first kappa shape index (κ1) is 19.8. The molecule has 1 saturated carbocycles. The van der Waals surface area contributed by atoms with Gasteiger partial charge in [-0.05, 0) is 50.3 Å². The molecule has 0 aromatic heterocycles. The second-order valence-corrected chi connectivity index (χ2v) is 8.02. The molecule has 1 saturated heterocycles. The van der Waals surface area contributed by atoms with E-state index >= 15 is 0 Å². The van der Waals surface area contributed by atoms with Crippen LogP contribution < -0.4 is 9.47 Å². The van der Waals surface area contributed by atoms with Crippen LogP contribution in [-0.2, 0) is 4.74 Å². The van der Waals surface area contributed by atoms with E-state index in [2.05, 4.69) is 0 Å². The molecule has 0 spiro atoms. The van der Waals surface area contributed by atoms with Gasteiger partial charge in [-0.15, -0.1) is 0 Å². The lowest BCUT2D eigenvalue weighted by atomic mass is 9.72. The Hall–Kier alpha value is -1.95. The molecule has 1 aliphatic heterocycles. The lowest BCUT2D eigenvalue weighted by Gasteiger charge is -2.33. The number of benzene rings is 1. The van der Waals surface area contributed by atoms with Crippen LogP contribution in [-0.4, -0.2) is 55.6 Å². The van der Waals surface area contributed by atoms with Gasteiger partial charge in [0.05, 0.1) is 26.4 Å². The standard InChI is InChI=1S/C21H31NO5/c1-14(23)21(2)13-22(20(24)26-4)12-17(21)15-9-10-18(25-3)19(11-15)27-16-7-5-6-8-16/h9-11,14,16-17,23H,5-8,12-13H2,1-4H3/t14-,17?,21-/m0/s1. The molecule has 3 atom stereocenters. The Labute approximate surface area is 161 Å². The second-order valence-electron chi connectivity index (χ2n) is 8.02. The third kappa shape index (κ3) is 3.86. The van der Waals surface area contributed by atoms with E-state index in [1.165, 1.54) is 20.0 Å². The lowest BCUT2D eigenvalue weighted by Crippen LogP contribution is -2.38. The average Bonchev–Trinajstić information content (AvgIpc) is 3.29. The predicted molar refractivity (Wildman–Crippen MR) is 102 cm³/mol. The Kier molecular flexibility index (Phi) is 5.84. The summed E-state index contributed by atoms with van der Waals surface area (Å²) in [5.74, 6) is 1.44. The van der Waals surface area contributed by atoms with Crippen LogP contribution in [0.4, 0.5) is 4.79 Å². The molecule has 1 heterocycles. The summed E-state index contributed by atoms with van der Waals surface area (Å²) in [5.41, 5.74) is 0.575. The van der Waals surface area contributed by atoms with Crippen molar-refractivity contribution in [2.75, 3.05) is 27.3 Å². The minimum atomic E-state index is -0.571. The Bertz CT molecular complexity index is 671. The van der Waals surface area contributed by atoms with Gasteiger partial charge in [-0.3, -0.25) is 0 Å². The third-order valence-electron chi connectivity index (χ3n) is 6.30. The number of nitrogens with zero attached hydrogens (tertiary/aromatic N) is 1. The summed E-state index contributed by atoms with van der Waals surface area (Å²) in [6.07, 6.45) is 3.83. The number of rotatable bonds is 5. The highest BCUT2D eigenvalue weighted by molar-refractivity contribution is 5.68. The van der Waals surface area contributed by atoms with Crippen LogP contribution in [0.5, 0.6) is 11.5 Å². The van der Waals surface area contributed by atoms with Crippen LogP contribution >= 0.6 is 0 Å². The van der Waals surface area contributed by atoms with Crippen molar-refractivity contribution >= 4 is 6.09 Å². The van der Waals surface area contributed by atoms with Gasteiger partial charge in [-0.1, -0.05) is 13.0 Å². The molecule has 6 nitrogen and oxygen atoms in total. The van der Waals surface area contributed by atoms with Gasteiger partial charge in [0.1, 0.15) is 0 Å². The molecule has 2 fully saturated rings. The number of likely N-dealkylation sites (tertiary alicyclic amines) is 1. The van der Waals surface area contributed by atoms with Gasteiger partial charge >= 0.3 is 6.09 Å². The highest BCUT2D eigenvalue weighted by Gasteiger charge is 2.48. The van der Waals surface area contributed by atoms with Crippen LogP contribution in [0.25, 0.3) is 0 Å². The Balaban J connectivity index is 1.91. The van der Waals surface area contributed by atoms with Crippen molar-refractivity contribution in [3.8, 4) is 11.5 Å². The van der Waals surface area contributed by atoms with E-state index in [-0.39, 0.29) is 18.1 Å². The smallest absolute Gasteiger partial charge is 0.409 e. The van der Waals surface area contributed by atoms with E-state index in [4.69, 9.17) is 14.2 Å². The van der Waals surface area contributed by atoms with Gasteiger partial charge in [-0.2, -0.15) is 0 Å². The maximum absolute atomic E-state index is 12.1. The largest absolute Gasteiger partial charge is 0.493 e. The molecule has 0 radical (unpaired) electrons. The number of hydrogen-bond acceptors (Lipinski definition) is 5. The van der Waals surface area contributed by atoms with Crippen LogP contribution in [0.15, 0.2) is 18.2 Å². The average molecular weight is 377 g/mol. The first-order valence-corrected chi connectivity index (χ1v) is 9.74. The number of hydrogen-bond donors (Lipinski definition) is 1. The summed E-state index contributed by atoms with van der Waals surface area (Å²) in [5, 5.41) is 10.5. The number of aliphatic hydroxyl groups is 1. The molecule has 0 bridgehead atoms. The molecule has 1 amide bonds. The monoisotopic (exact) mass is 377 g/mol. The van der Waals surface area contributed by atoms with E-state index in [1.807, 2.05) is 25.1 Å². The molecule has 2 aliphatic rings. The van der Waals surface area contributed by atoms with Crippen LogP contribution in [0.1, 0.15) is 51.0 Å². The maximum atomic E-state index is 12.1. The highest BCUT2D eigenvalue weighted by atomic mass is 16.5. The summed E-state index contributed by atoms with van der Waals surface area (Å²) in [6.45, 7) is 4.76. The van der Waals surface area contributed by atoms with E-state index in [0.717, 1.165) is 24.2 Å². The minimum Gasteiger partial charge on any atom is -0.493 e. The van der Waals surface area contributed by atoms with Crippen molar-refractivity contribution in [3.63, 3.8) is 0 Å². The van der Waals surface area contributed by atoms with Crippen molar-refractivity contribution in [3.05, 3.63) is 23.8 Å². The topological polar surface area (TPSA) is 68.2 Å². The summed E-state index contributed by atoms with van der Waals surface area (Å²) >= 11 is 0. The predicted octanol–water partition coefficient (Wildman–Crippen LogP) is 3.57. The fraction of sp³-hybridized carbons (Fsp3) is 0.667. The molecule has 1 unspecified atom stereocenters. The highest BCUT2D eigenvalue weighted by Crippen LogP contribution is 2.47.